The summed E-state index contributed by atoms with van der Waals surface area (Å²) in [7, 11) is 0. The van der Waals surface area contributed by atoms with Crippen molar-refractivity contribution in [3.8, 4) is 0 Å². The Hall–Kier alpha value is -0.780. The quantitative estimate of drug-likeness (QED) is 0.546. The highest BCUT2D eigenvalue weighted by molar-refractivity contribution is 5.37. The molecule has 0 heterocycles. The maximum Gasteiger partial charge on any atom is -0.0133 e. The van der Waals surface area contributed by atoms with E-state index in [1.807, 2.05) is 0 Å². The van der Waals surface area contributed by atoms with E-state index in [-0.39, 0.29) is 0 Å². The van der Waals surface area contributed by atoms with Crippen LogP contribution >= 0.6 is 0 Å². The first-order valence-corrected chi connectivity index (χ1v) is 4.69. The Labute approximate surface area is 74.6 Å². The van der Waals surface area contributed by atoms with E-state index in [9.17, 15) is 0 Å². The monoisotopic (exact) mass is 160 g/mol. The van der Waals surface area contributed by atoms with Gasteiger partial charge in [-0.2, -0.15) is 0 Å². The zero-order chi connectivity index (χ0) is 8.77. The summed E-state index contributed by atoms with van der Waals surface area (Å²) in [6.07, 6.45) is 1.24. The molecule has 2 rings (SSSR count). The SMILES string of the molecule is CC1c2ccccc2CC1(C)C. The van der Waals surface area contributed by atoms with Crippen molar-refractivity contribution >= 4 is 0 Å². The zero-order valence-corrected chi connectivity index (χ0v) is 8.09. The van der Waals surface area contributed by atoms with E-state index in [2.05, 4.69) is 45.0 Å². The van der Waals surface area contributed by atoms with E-state index in [0.29, 0.717) is 11.3 Å². The van der Waals surface area contributed by atoms with Crippen molar-refractivity contribution in [2.45, 2.75) is 33.1 Å². The van der Waals surface area contributed by atoms with Crippen LogP contribution in [-0.4, -0.2) is 0 Å². The van der Waals surface area contributed by atoms with Crippen LogP contribution in [0.1, 0.15) is 37.8 Å². The maximum atomic E-state index is 2.36. The molecular weight excluding hydrogens is 144 g/mol. The second-order valence-corrected chi connectivity index (χ2v) is 4.59. The van der Waals surface area contributed by atoms with Gasteiger partial charge in [-0.05, 0) is 28.9 Å². The van der Waals surface area contributed by atoms with Gasteiger partial charge in [-0.3, -0.25) is 0 Å². The van der Waals surface area contributed by atoms with Gasteiger partial charge in [-0.25, -0.2) is 0 Å². The van der Waals surface area contributed by atoms with Gasteiger partial charge in [0, 0.05) is 0 Å². The van der Waals surface area contributed by atoms with Gasteiger partial charge in [0.15, 0.2) is 0 Å². The van der Waals surface area contributed by atoms with Crippen molar-refractivity contribution in [2.24, 2.45) is 5.41 Å². The van der Waals surface area contributed by atoms with E-state index < -0.39 is 0 Å². The van der Waals surface area contributed by atoms with Crippen molar-refractivity contribution in [2.75, 3.05) is 0 Å². The lowest BCUT2D eigenvalue weighted by atomic mass is 9.81. The summed E-state index contributed by atoms with van der Waals surface area (Å²) < 4.78 is 0. The summed E-state index contributed by atoms with van der Waals surface area (Å²) in [6, 6.07) is 8.83. The van der Waals surface area contributed by atoms with Gasteiger partial charge in [0.2, 0.25) is 0 Å². The molecule has 0 spiro atoms. The molecule has 0 heteroatoms. The molecule has 1 aromatic carbocycles. The highest BCUT2D eigenvalue weighted by Gasteiger charge is 2.34. The third-order valence-electron chi connectivity index (χ3n) is 3.34. The Morgan fingerprint density at radius 2 is 1.92 bits per heavy atom. The third-order valence-corrected chi connectivity index (χ3v) is 3.34. The summed E-state index contributed by atoms with van der Waals surface area (Å²) in [4.78, 5) is 0. The van der Waals surface area contributed by atoms with Crippen LogP contribution in [0.2, 0.25) is 0 Å². The summed E-state index contributed by atoms with van der Waals surface area (Å²) in [5.41, 5.74) is 3.57. The molecule has 0 radical (unpaired) electrons. The van der Waals surface area contributed by atoms with Crippen LogP contribution in [-0.2, 0) is 6.42 Å². The fraction of sp³-hybridized carbons (Fsp3) is 0.500. The fourth-order valence-electron chi connectivity index (χ4n) is 2.18. The van der Waals surface area contributed by atoms with Gasteiger partial charge in [-0.1, -0.05) is 45.0 Å². The first kappa shape index (κ1) is 7.85. The molecule has 0 saturated carbocycles. The number of benzene rings is 1. The first-order chi connectivity index (χ1) is 5.61. The van der Waals surface area contributed by atoms with Gasteiger partial charge in [0.05, 0.1) is 0 Å². The molecule has 0 aliphatic heterocycles. The molecule has 64 valence electrons. The molecule has 0 saturated heterocycles. The molecule has 0 aromatic heterocycles. The normalized spacial score (nSPS) is 25.4. The largest absolute Gasteiger partial charge is 0.0620 e. The lowest BCUT2D eigenvalue weighted by molar-refractivity contribution is 0.330. The molecule has 1 atom stereocenters. The van der Waals surface area contributed by atoms with E-state index in [1.54, 1.807) is 11.1 Å². The Morgan fingerprint density at radius 3 is 2.58 bits per heavy atom. The van der Waals surface area contributed by atoms with Crippen LogP contribution in [0.25, 0.3) is 0 Å². The molecule has 12 heavy (non-hydrogen) atoms. The second kappa shape index (κ2) is 2.35. The summed E-state index contributed by atoms with van der Waals surface area (Å²) in [5, 5.41) is 0. The standard InChI is InChI=1S/C12H16/c1-9-11-7-5-4-6-10(11)8-12(9,2)3/h4-7,9H,8H2,1-3H3. The average molecular weight is 160 g/mol. The molecule has 0 bridgehead atoms. The molecule has 0 nitrogen and oxygen atoms in total. The number of rotatable bonds is 0. The first-order valence-electron chi connectivity index (χ1n) is 4.69. The van der Waals surface area contributed by atoms with Gasteiger partial charge in [0.25, 0.3) is 0 Å². The van der Waals surface area contributed by atoms with Crippen LogP contribution in [0.5, 0.6) is 0 Å². The minimum absolute atomic E-state index is 0.462. The van der Waals surface area contributed by atoms with Crippen molar-refractivity contribution < 1.29 is 0 Å². The fourth-order valence-corrected chi connectivity index (χ4v) is 2.18. The van der Waals surface area contributed by atoms with Crippen LogP contribution < -0.4 is 0 Å². The zero-order valence-electron chi connectivity index (χ0n) is 8.09. The molecule has 0 amide bonds. The molecule has 0 fully saturated rings. The molecule has 1 aromatic rings. The summed E-state index contributed by atoms with van der Waals surface area (Å²) >= 11 is 0. The van der Waals surface area contributed by atoms with Gasteiger partial charge in [-0.15, -0.1) is 0 Å². The van der Waals surface area contributed by atoms with Crippen LogP contribution in [0, 0.1) is 5.41 Å². The Balaban J connectivity index is 2.49. The minimum Gasteiger partial charge on any atom is -0.0620 e. The van der Waals surface area contributed by atoms with E-state index in [0.717, 1.165) is 0 Å². The number of fused-ring (bicyclic) bond motifs is 1. The number of hydrogen-bond donors (Lipinski definition) is 0. The van der Waals surface area contributed by atoms with Gasteiger partial charge < -0.3 is 0 Å². The second-order valence-electron chi connectivity index (χ2n) is 4.59. The van der Waals surface area contributed by atoms with Crippen molar-refractivity contribution in [1.29, 1.82) is 0 Å². The maximum absolute atomic E-state index is 2.36. The van der Waals surface area contributed by atoms with E-state index in [1.165, 1.54) is 6.42 Å². The molecule has 1 aliphatic carbocycles. The predicted molar refractivity (Wildman–Crippen MR) is 52.3 cm³/mol. The summed E-state index contributed by atoms with van der Waals surface area (Å²) in [6.45, 7) is 7.06. The van der Waals surface area contributed by atoms with Crippen LogP contribution in [0.4, 0.5) is 0 Å². The smallest absolute Gasteiger partial charge is 0.0133 e. The van der Waals surface area contributed by atoms with Crippen LogP contribution in [0.15, 0.2) is 24.3 Å². The highest BCUT2D eigenvalue weighted by atomic mass is 14.4. The van der Waals surface area contributed by atoms with Crippen molar-refractivity contribution in [3.05, 3.63) is 35.4 Å². The van der Waals surface area contributed by atoms with Crippen molar-refractivity contribution in [1.82, 2.24) is 0 Å². The predicted octanol–water partition coefficient (Wildman–Crippen LogP) is 3.37. The Bertz CT molecular complexity index is 297. The summed E-state index contributed by atoms with van der Waals surface area (Å²) in [5.74, 6) is 0.716. The Morgan fingerprint density at radius 1 is 1.25 bits per heavy atom. The number of hydrogen-bond acceptors (Lipinski definition) is 0. The van der Waals surface area contributed by atoms with Gasteiger partial charge >= 0.3 is 0 Å². The van der Waals surface area contributed by atoms with Crippen molar-refractivity contribution in [3.63, 3.8) is 0 Å². The van der Waals surface area contributed by atoms with E-state index in [4.69, 9.17) is 0 Å². The highest BCUT2D eigenvalue weighted by Crippen LogP contribution is 2.45. The lowest BCUT2D eigenvalue weighted by Crippen LogP contribution is -2.14. The van der Waals surface area contributed by atoms with Crippen LogP contribution in [0.3, 0.4) is 0 Å². The van der Waals surface area contributed by atoms with E-state index >= 15 is 0 Å². The van der Waals surface area contributed by atoms with Gasteiger partial charge in [0.1, 0.15) is 0 Å². The molecule has 0 N–H and O–H groups in total. The topological polar surface area (TPSA) is 0 Å². The molecule has 1 aliphatic rings. The molecular formula is C12H16. The molecule has 1 unspecified atom stereocenters. The minimum atomic E-state index is 0.462. The lowest BCUT2D eigenvalue weighted by Gasteiger charge is -2.23. The average Bonchev–Trinajstić information content (AvgIpc) is 2.24. The Kier molecular flexibility index (Phi) is 1.54. The third kappa shape index (κ3) is 0.979.